The topological polar surface area (TPSA) is 68.0 Å². The molecule has 2 heterocycles. The van der Waals surface area contributed by atoms with Crippen LogP contribution in [0.2, 0.25) is 0 Å². The van der Waals surface area contributed by atoms with E-state index in [2.05, 4.69) is 10.1 Å². The molecule has 5 heteroatoms. The summed E-state index contributed by atoms with van der Waals surface area (Å²) < 4.78 is 1.50. The standard InChI is InChI=1S/C10H11N3O2/c1-5-4-6(2)11-9-7(5)8(10(14)15)12-13(9)3/h4H,1-3H3,(H,14,15). The molecule has 0 atom stereocenters. The van der Waals surface area contributed by atoms with Crippen LogP contribution in [-0.4, -0.2) is 25.8 Å². The Labute approximate surface area is 86.4 Å². The Morgan fingerprint density at radius 2 is 2.13 bits per heavy atom. The second-order valence-corrected chi connectivity index (χ2v) is 3.56. The number of hydrogen-bond acceptors (Lipinski definition) is 3. The molecule has 0 aliphatic heterocycles. The number of pyridine rings is 1. The molecule has 15 heavy (non-hydrogen) atoms. The minimum atomic E-state index is -1.02. The maximum Gasteiger partial charge on any atom is 0.357 e. The molecule has 2 aromatic heterocycles. The predicted octanol–water partition coefficient (Wildman–Crippen LogP) is 1.28. The fourth-order valence-electron chi connectivity index (χ4n) is 1.74. The van der Waals surface area contributed by atoms with Gasteiger partial charge in [-0.05, 0) is 25.5 Å². The van der Waals surface area contributed by atoms with Gasteiger partial charge >= 0.3 is 5.97 Å². The first-order valence-corrected chi connectivity index (χ1v) is 4.55. The molecule has 78 valence electrons. The number of aryl methyl sites for hydroxylation is 3. The number of nitrogens with zero attached hydrogens (tertiary/aromatic N) is 3. The predicted molar refractivity (Wildman–Crippen MR) is 54.9 cm³/mol. The number of fused-ring (bicyclic) bond motifs is 1. The maximum absolute atomic E-state index is 11.0. The van der Waals surface area contributed by atoms with E-state index in [9.17, 15) is 4.79 Å². The molecule has 0 spiro atoms. The minimum Gasteiger partial charge on any atom is -0.476 e. The van der Waals surface area contributed by atoms with Crippen LogP contribution >= 0.6 is 0 Å². The zero-order chi connectivity index (χ0) is 11.2. The van der Waals surface area contributed by atoms with E-state index in [-0.39, 0.29) is 5.69 Å². The van der Waals surface area contributed by atoms with Crippen molar-refractivity contribution in [1.82, 2.24) is 14.8 Å². The number of aromatic carboxylic acids is 1. The molecule has 0 saturated carbocycles. The highest BCUT2D eigenvalue weighted by Gasteiger charge is 2.17. The normalized spacial score (nSPS) is 10.9. The lowest BCUT2D eigenvalue weighted by atomic mass is 10.1. The van der Waals surface area contributed by atoms with Gasteiger partial charge in [-0.25, -0.2) is 14.5 Å². The Hall–Kier alpha value is -1.91. The van der Waals surface area contributed by atoms with Crippen LogP contribution in [0, 0.1) is 13.8 Å². The third-order valence-corrected chi connectivity index (χ3v) is 2.32. The van der Waals surface area contributed by atoms with Crippen molar-refractivity contribution in [1.29, 1.82) is 0 Å². The van der Waals surface area contributed by atoms with Gasteiger partial charge in [-0.1, -0.05) is 0 Å². The second kappa shape index (κ2) is 3.05. The third kappa shape index (κ3) is 1.36. The summed E-state index contributed by atoms with van der Waals surface area (Å²) in [5, 5.41) is 13.6. The van der Waals surface area contributed by atoms with Gasteiger partial charge in [0.1, 0.15) is 0 Å². The molecular formula is C10H11N3O2. The fourth-order valence-corrected chi connectivity index (χ4v) is 1.74. The van der Waals surface area contributed by atoms with E-state index in [4.69, 9.17) is 5.11 Å². The highest BCUT2D eigenvalue weighted by molar-refractivity contribution is 6.01. The van der Waals surface area contributed by atoms with E-state index in [1.54, 1.807) is 7.05 Å². The van der Waals surface area contributed by atoms with Crippen molar-refractivity contribution in [2.24, 2.45) is 7.05 Å². The Morgan fingerprint density at radius 3 is 2.73 bits per heavy atom. The summed E-state index contributed by atoms with van der Waals surface area (Å²) >= 11 is 0. The van der Waals surface area contributed by atoms with E-state index in [0.29, 0.717) is 11.0 Å². The van der Waals surface area contributed by atoms with Gasteiger partial charge in [0, 0.05) is 12.7 Å². The van der Waals surface area contributed by atoms with Crippen LogP contribution < -0.4 is 0 Å². The van der Waals surface area contributed by atoms with E-state index in [1.807, 2.05) is 19.9 Å². The van der Waals surface area contributed by atoms with Gasteiger partial charge in [-0.15, -0.1) is 0 Å². The second-order valence-electron chi connectivity index (χ2n) is 3.56. The lowest BCUT2D eigenvalue weighted by Gasteiger charge is -1.99. The Balaban J connectivity index is 2.93. The van der Waals surface area contributed by atoms with Crippen molar-refractivity contribution in [3.8, 4) is 0 Å². The smallest absolute Gasteiger partial charge is 0.357 e. The molecule has 2 aromatic rings. The fraction of sp³-hybridized carbons (Fsp3) is 0.300. The van der Waals surface area contributed by atoms with E-state index in [1.165, 1.54) is 4.68 Å². The maximum atomic E-state index is 11.0. The van der Waals surface area contributed by atoms with Gasteiger partial charge < -0.3 is 5.11 Å². The van der Waals surface area contributed by atoms with Gasteiger partial charge in [0.2, 0.25) is 0 Å². The van der Waals surface area contributed by atoms with Crippen molar-refractivity contribution in [2.45, 2.75) is 13.8 Å². The zero-order valence-electron chi connectivity index (χ0n) is 8.77. The van der Waals surface area contributed by atoms with Gasteiger partial charge in [0.15, 0.2) is 11.3 Å². The number of rotatable bonds is 1. The third-order valence-electron chi connectivity index (χ3n) is 2.32. The molecule has 0 amide bonds. The SMILES string of the molecule is Cc1cc(C)c2c(C(=O)O)nn(C)c2n1. The summed E-state index contributed by atoms with van der Waals surface area (Å²) in [7, 11) is 1.70. The molecule has 0 fully saturated rings. The summed E-state index contributed by atoms with van der Waals surface area (Å²) in [6.45, 7) is 3.74. The van der Waals surface area contributed by atoms with Gasteiger partial charge in [0.05, 0.1) is 5.39 Å². The van der Waals surface area contributed by atoms with Gasteiger partial charge in [-0.2, -0.15) is 5.10 Å². The lowest BCUT2D eigenvalue weighted by molar-refractivity contribution is 0.0691. The summed E-state index contributed by atoms with van der Waals surface area (Å²) in [4.78, 5) is 15.2. The van der Waals surface area contributed by atoms with Crippen LogP contribution in [-0.2, 0) is 7.05 Å². The molecule has 5 nitrogen and oxygen atoms in total. The monoisotopic (exact) mass is 205 g/mol. The van der Waals surface area contributed by atoms with Crippen LogP contribution in [0.25, 0.3) is 11.0 Å². The van der Waals surface area contributed by atoms with Crippen LogP contribution in [0.1, 0.15) is 21.7 Å². The molecule has 0 bridgehead atoms. The van der Waals surface area contributed by atoms with Crippen molar-refractivity contribution in [3.05, 3.63) is 23.0 Å². The van der Waals surface area contributed by atoms with Crippen LogP contribution in [0.15, 0.2) is 6.07 Å². The number of carboxylic acids is 1. The first-order chi connectivity index (χ1) is 7.00. The highest BCUT2D eigenvalue weighted by atomic mass is 16.4. The highest BCUT2D eigenvalue weighted by Crippen LogP contribution is 2.21. The van der Waals surface area contributed by atoms with Crippen molar-refractivity contribution >= 4 is 17.0 Å². The average Bonchev–Trinajstić information content (AvgIpc) is 2.44. The average molecular weight is 205 g/mol. The summed E-state index contributed by atoms with van der Waals surface area (Å²) in [6, 6.07) is 1.86. The molecule has 0 saturated heterocycles. The summed E-state index contributed by atoms with van der Waals surface area (Å²) in [5.74, 6) is -1.02. The first kappa shape index (κ1) is 9.64. The number of hydrogen-bond donors (Lipinski definition) is 1. The molecule has 0 aliphatic rings. The number of carboxylic acid groups (broad SMARTS) is 1. The molecule has 1 N–H and O–H groups in total. The van der Waals surface area contributed by atoms with Crippen LogP contribution in [0.5, 0.6) is 0 Å². The Morgan fingerprint density at radius 1 is 1.47 bits per heavy atom. The first-order valence-electron chi connectivity index (χ1n) is 4.55. The van der Waals surface area contributed by atoms with Gasteiger partial charge in [0.25, 0.3) is 0 Å². The Bertz CT molecular complexity index is 557. The largest absolute Gasteiger partial charge is 0.476 e. The van der Waals surface area contributed by atoms with E-state index < -0.39 is 5.97 Å². The van der Waals surface area contributed by atoms with Crippen LogP contribution in [0.3, 0.4) is 0 Å². The molecule has 0 radical (unpaired) electrons. The summed E-state index contributed by atoms with van der Waals surface area (Å²) in [6.07, 6.45) is 0. The molecule has 2 rings (SSSR count). The Kier molecular flexibility index (Phi) is 1.96. The minimum absolute atomic E-state index is 0.0671. The summed E-state index contributed by atoms with van der Waals surface area (Å²) in [5.41, 5.74) is 2.44. The molecular weight excluding hydrogens is 194 g/mol. The molecule has 0 aliphatic carbocycles. The van der Waals surface area contributed by atoms with E-state index in [0.717, 1.165) is 11.3 Å². The quantitative estimate of drug-likeness (QED) is 0.761. The number of carbonyl (C=O) groups is 1. The van der Waals surface area contributed by atoms with Crippen molar-refractivity contribution in [2.75, 3.05) is 0 Å². The van der Waals surface area contributed by atoms with Crippen molar-refractivity contribution < 1.29 is 9.90 Å². The molecule has 0 aromatic carbocycles. The van der Waals surface area contributed by atoms with Crippen LogP contribution in [0.4, 0.5) is 0 Å². The van der Waals surface area contributed by atoms with E-state index >= 15 is 0 Å². The lowest BCUT2D eigenvalue weighted by Crippen LogP contribution is -1.99. The molecule has 0 unspecified atom stereocenters. The zero-order valence-corrected chi connectivity index (χ0v) is 8.77. The van der Waals surface area contributed by atoms with Crippen molar-refractivity contribution in [3.63, 3.8) is 0 Å². The number of aromatic nitrogens is 3. The van der Waals surface area contributed by atoms with Gasteiger partial charge in [-0.3, -0.25) is 0 Å².